The number of nitrogens with one attached hydrogen (secondary N) is 1. The molecule has 2 aromatic carbocycles. The fraction of sp³-hybridized carbons (Fsp3) is 0.276. The van der Waals surface area contributed by atoms with Crippen molar-refractivity contribution in [2.75, 3.05) is 13.7 Å². The van der Waals surface area contributed by atoms with Gasteiger partial charge in [0.15, 0.2) is 0 Å². The highest BCUT2D eigenvalue weighted by Gasteiger charge is 2.52. The van der Waals surface area contributed by atoms with Crippen LogP contribution in [0.15, 0.2) is 85.7 Å². The number of pyridine rings is 1. The summed E-state index contributed by atoms with van der Waals surface area (Å²) in [6, 6.07) is 18.6. The fourth-order valence-corrected chi connectivity index (χ4v) is 5.08. The number of nitrogens with zero attached hydrogens (tertiary/aromatic N) is 2. The second-order valence-corrected chi connectivity index (χ2v) is 8.73. The van der Waals surface area contributed by atoms with E-state index in [0.717, 1.165) is 35.3 Å². The number of methoxy groups -OCH3 is 1. The lowest BCUT2D eigenvalue weighted by Gasteiger charge is -2.49. The maximum Gasteiger partial charge on any atom is 0.255 e. The van der Waals surface area contributed by atoms with E-state index in [1.807, 2.05) is 55.5 Å². The molecule has 6 nitrogen and oxygen atoms in total. The third-order valence-corrected chi connectivity index (χ3v) is 6.75. The highest BCUT2D eigenvalue weighted by Crippen LogP contribution is 2.46. The van der Waals surface area contributed by atoms with Gasteiger partial charge in [-0.05, 0) is 67.1 Å². The Morgan fingerprint density at radius 3 is 2.60 bits per heavy atom. The molecule has 4 rings (SSSR count). The maximum absolute atomic E-state index is 14.2. The normalized spacial score (nSPS) is 17.5. The third-order valence-electron chi connectivity index (χ3n) is 6.75. The lowest BCUT2D eigenvalue weighted by atomic mass is 9.73. The molecule has 0 aliphatic heterocycles. The van der Waals surface area contributed by atoms with Crippen molar-refractivity contribution in [3.63, 3.8) is 0 Å². The van der Waals surface area contributed by atoms with Gasteiger partial charge >= 0.3 is 0 Å². The first-order chi connectivity index (χ1) is 17.0. The van der Waals surface area contributed by atoms with E-state index in [1.165, 1.54) is 0 Å². The van der Waals surface area contributed by atoms with E-state index in [-0.39, 0.29) is 17.9 Å². The van der Waals surface area contributed by atoms with E-state index < -0.39 is 5.54 Å². The van der Waals surface area contributed by atoms with Gasteiger partial charge in [-0.25, -0.2) is 0 Å². The molecule has 6 heteroatoms. The van der Waals surface area contributed by atoms with Gasteiger partial charge in [0.2, 0.25) is 0 Å². The Morgan fingerprint density at radius 2 is 1.91 bits per heavy atom. The largest absolute Gasteiger partial charge is 0.497 e. The summed E-state index contributed by atoms with van der Waals surface area (Å²) in [5, 5.41) is 3.01. The number of ether oxygens (including phenoxy) is 1. The smallest absolute Gasteiger partial charge is 0.255 e. The zero-order valence-corrected chi connectivity index (χ0v) is 20.2. The molecule has 2 amide bonds. The predicted octanol–water partition coefficient (Wildman–Crippen LogP) is 4.83. The summed E-state index contributed by atoms with van der Waals surface area (Å²) in [6.45, 7) is 6.05. The zero-order valence-electron chi connectivity index (χ0n) is 20.2. The summed E-state index contributed by atoms with van der Waals surface area (Å²) in [6.07, 6.45) is 6.91. The number of amides is 2. The standard InChI is InChI=1S/C29H31N3O3/c1-4-17-31-28(34)29(16-8-11-24-20-25(35-3)12-13-26(24)29)32(21(2)22-9-6-5-7-10-22)27(33)23-14-18-30-19-15-23/h4-7,9-10,12-15,18-21H,1,8,11,16-17H2,2-3H3,(H,31,34). The third kappa shape index (κ3) is 4.56. The van der Waals surface area contributed by atoms with E-state index in [2.05, 4.69) is 16.9 Å². The van der Waals surface area contributed by atoms with Crippen LogP contribution < -0.4 is 10.1 Å². The van der Waals surface area contributed by atoms with E-state index in [1.54, 1.807) is 42.6 Å². The zero-order chi connectivity index (χ0) is 24.8. The van der Waals surface area contributed by atoms with Crippen LogP contribution in [0.3, 0.4) is 0 Å². The van der Waals surface area contributed by atoms with Crippen LogP contribution in [0, 0.1) is 0 Å². The van der Waals surface area contributed by atoms with Crippen LogP contribution in [0.25, 0.3) is 0 Å². The van der Waals surface area contributed by atoms with Crippen molar-refractivity contribution in [2.45, 2.75) is 37.8 Å². The number of aromatic nitrogens is 1. The first-order valence-corrected chi connectivity index (χ1v) is 11.9. The summed E-state index contributed by atoms with van der Waals surface area (Å²) in [5.74, 6) is 0.295. The van der Waals surface area contributed by atoms with Crippen LogP contribution in [-0.4, -0.2) is 35.4 Å². The Balaban J connectivity index is 1.97. The van der Waals surface area contributed by atoms with Crippen molar-refractivity contribution in [3.05, 3.63) is 108 Å². The summed E-state index contributed by atoms with van der Waals surface area (Å²) >= 11 is 0. The van der Waals surface area contributed by atoms with E-state index in [0.29, 0.717) is 18.5 Å². The number of hydrogen-bond acceptors (Lipinski definition) is 4. The Labute approximate surface area is 206 Å². The molecule has 0 spiro atoms. The molecule has 35 heavy (non-hydrogen) atoms. The molecule has 1 aromatic heterocycles. The van der Waals surface area contributed by atoms with Crippen molar-refractivity contribution in [3.8, 4) is 5.75 Å². The number of fused-ring (bicyclic) bond motifs is 1. The van der Waals surface area contributed by atoms with Crippen molar-refractivity contribution in [1.82, 2.24) is 15.2 Å². The molecule has 1 heterocycles. The second kappa shape index (κ2) is 10.6. The first kappa shape index (κ1) is 24.2. The summed E-state index contributed by atoms with van der Waals surface area (Å²) < 4.78 is 5.47. The molecule has 1 aliphatic rings. The van der Waals surface area contributed by atoms with Crippen molar-refractivity contribution < 1.29 is 14.3 Å². The molecule has 1 aliphatic carbocycles. The second-order valence-electron chi connectivity index (χ2n) is 8.73. The van der Waals surface area contributed by atoms with Crippen molar-refractivity contribution >= 4 is 11.8 Å². The van der Waals surface area contributed by atoms with Crippen LogP contribution in [0.2, 0.25) is 0 Å². The SMILES string of the molecule is C=CCNC(=O)C1(N(C(=O)c2ccncc2)C(C)c2ccccc2)CCCc2cc(OC)ccc21. The van der Waals surface area contributed by atoms with Gasteiger partial charge < -0.3 is 15.0 Å². The number of aryl methyl sites for hydroxylation is 1. The van der Waals surface area contributed by atoms with Gasteiger partial charge in [-0.3, -0.25) is 14.6 Å². The van der Waals surface area contributed by atoms with Crippen LogP contribution in [-0.2, 0) is 16.8 Å². The minimum Gasteiger partial charge on any atom is -0.497 e. The van der Waals surface area contributed by atoms with Gasteiger partial charge in [0.1, 0.15) is 11.3 Å². The Hall–Kier alpha value is -3.93. The van der Waals surface area contributed by atoms with Crippen LogP contribution in [0.1, 0.15) is 52.9 Å². The predicted molar refractivity (Wildman–Crippen MR) is 136 cm³/mol. The molecule has 0 saturated carbocycles. The Kier molecular flexibility index (Phi) is 7.30. The van der Waals surface area contributed by atoms with Gasteiger partial charge in [0, 0.05) is 24.5 Å². The molecule has 0 saturated heterocycles. The first-order valence-electron chi connectivity index (χ1n) is 11.9. The molecule has 3 aromatic rings. The topological polar surface area (TPSA) is 71.5 Å². The molecule has 0 bridgehead atoms. The average molecular weight is 470 g/mol. The highest BCUT2D eigenvalue weighted by atomic mass is 16.5. The number of hydrogen-bond donors (Lipinski definition) is 1. The summed E-state index contributed by atoms with van der Waals surface area (Å²) in [7, 11) is 1.63. The Morgan fingerprint density at radius 1 is 1.17 bits per heavy atom. The van der Waals surface area contributed by atoms with Gasteiger partial charge in [-0.15, -0.1) is 6.58 Å². The van der Waals surface area contributed by atoms with Crippen LogP contribution >= 0.6 is 0 Å². The fourth-order valence-electron chi connectivity index (χ4n) is 5.08. The molecule has 1 N–H and O–H groups in total. The molecule has 0 radical (unpaired) electrons. The molecular weight excluding hydrogens is 438 g/mol. The monoisotopic (exact) mass is 469 g/mol. The van der Waals surface area contributed by atoms with Gasteiger partial charge in [0.05, 0.1) is 13.2 Å². The number of rotatable bonds is 8. The lowest BCUT2D eigenvalue weighted by Crippen LogP contribution is -2.60. The number of benzene rings is 2. The molecular formula is C29H31N3O3. The van der Waals surface area contributed by atoms with Gasteiger partial charge in [-0.1, -0.05) is 42.5 Å². The average Bonchev–Trinajstić information content (AvgIpc) is 2.92. The van der Waals surface area contributed by atoms with E-state index in [9.17, 15) is 9.59 Å². The summed E-state index contributed by atoms with van der Waals surface area (Å²) in [4.78, 5) is 34.2. The van der Waals surface area contributed by atoms with Crippen LogP contribution in [0.5, 0.6) is 5.75 Å². The maximum atomic E-state index is 14.2. The minimum absolute atomic E-state index is 0.214. The highest BCUT2D eigenvalue weighted by molar-refractivity contribution is 6.00. The van der Waals surface area contributed by atoms with Gasteiger partial charge in [-0.2, -0.15) is 0 Å². The number of carbonyl (C=O) groups is 2. The number of carbonyl (C=O) groups excluding carboxylic acids is 2. The molecule has 180 valence electrons. The minimum atomic E-state index is -1.21. The molecule has 0 fully saturated rings. The van der Waals surface area contributed by atoms with E-state index in [4.69, 9.17) is 4.74 Å². The summed E-state index contributed by atoms with van der Waals surface area (Å²) in [5.41, 5.74) is 2.07. The van der Waals surface area contributed by atoms with Crippen LogP contribution in [0.4, 0.5) is 0 Å². The molecule has 2 unspecified atom stereocenters. The quantitative estimate of drug-likeness (QED) is 0.480. The lowest BCUT2D eigenvalue weighted by molar-refractivity contribution is -0.135. The van der Waals surface area contributed by atoms with E-state index >= 15 is 0 Å². The Bertz CT molecular complexity index is 1200. The van der Waals surface area contributed by atoms with Crippen molar-refractivity contribution in [2.24, 2.45) is 0 Å². The van der Waals surface area contributed by atoms with Crippen molar-refractivity contribution in [1.29, 1.82) is 0 Å². The van der Waals surface area contributed by atoms with Gasteiger partial charge in [0.25, 0.3) is 11.8 Å². The molecule has 2 atom stereocenters.